The van der Waals surface area contributed by atoms with Gasteiger partial charge in [0, 0.05) is 0 Å². The van der Waals surface area contributed by atoms with Crippen LogP contribution in [0.1, 0.15) is 13.8 Å². The van der Waals surface area contributed by atoms with E-state index in [9.17, 15) is 0 Å². The molecule has 21 heavy (non-hydrogen) atoms. The first-order valence-corrected chi connectivity index (χ1v) is 7.71. The molecule has 6 heteroatoms. The van der Waals surface area contributed by atoms with E-state index in [0.29, 0.717) is 13.2 Å². The zero-order chi connectivity index (χ0) is 16.5. The Bertz CT molecular complexity index is 246. The number of aliphatic hydroxyl groups excluding tert-OH is 2. The summed E-state index contributed by atoms with van der Waals surface area (Å²) in [6, 6.07) is 0. The van der Waals surface area contributed by atoms with Gasteiger partial charge in [-0.15, -0.1) is 0 Å². The van der Waals surface area contributed by atoms with Gasteiger partial charge in [-0.1, -0.05) is 0 Å². The van der Waals surface area contributed by atoms with Crippen LogP contribution in [0.2, 0.25) is 0 Å². The monoisotopic (exact) mass is 308 g/mol. The number of likely N-dealkylation sites (N-methyl/N-ethyl adjacent to an activating group) is 2. The third-order valence-corrected chi connectivity index (χ3v) is 3.26. The number of aliphatic hydroxyl groups is 2. The van der Waals surface area contributed by atoms with Crippen LogP contribution in [0.4, 0.5) is 0 Å². The molecule has 0 aromatic carbocycles. The van der Waals surface area contributed by atoms with E-state index in [2.05, 4.69) is 28.2 Å². The van der Waals surface area contributed by atoms with Crippen molar-refractivity contribution in [2.24, 2.45) is 0 Å². The smallest absolute Gasteiger partial charge is 0.206 e. The number of nitrogens with zero attached hydrogens (tertiary/aromatic N) is 2. The molecular formula is C15H36N2O4+2. The number of quaternary nitrogens is 2. The number of ether oxygens (including phenoxy) is 2. The van der Waals surface area contributed by atoms with Crippen molar-refractivity contribution >= 4 is 0 Å². The van der Waals surface area contributed by atoms with E-state index < -0.39 is 0 Å². The summed E-state index contributed by atoms with van der Waals surface area (Å²) in [5, 5.41) is 17.6. The summed E-state index contributed by atoms with van der Waals surface area (Å²) in [5.41, 5.74) is 0. The lowest BCUT2D eigenvalue weighted by molar-refractivity contribution is -1.07. The highest BCUT2D eigenvalue weighted by Crippen LogP contribution is 2.11. The van der Waals surface area contributed by atoms with Gasteiger partial charge in [-0.3, -0.25) is 8.97 Å². The largest absolute Gasteiger partial charge is 0.394 e. The van der Waals surface area contributed by atoms with Gasteiger partial charge in [0.1, 0.15) is 25.3 Å². The van der Waals surface area contributed by atoms with Gasteiger partial charge in [-0.2, -0.15) is 0 Å². The van der Waals surface area contributed by atoms with Crippen LogP contribution in [0, 0.1) is 0 Å². The van der Waals surface area contributed by atoms with Crippen molar-refractivity contribution in [2.75, 3.05) is 74.4 Å². The quantitative estimate of drug-likeness (QED) is 0.390. The molecule has 2 unspecified atom stereocenters. The fraction of sp³-hybridized carbons (Fsp3) is 1.00. The van der Waals surface area contributed by atoms with Crippen LogP contribution in [0.15, 0.2) is 0 Å². The first-order valence-electron chi connectivity index (χ1n) is 7.71. The maximum absolute atomic E-state index is 8.81. The first kappa shape index (κ1) is 20.8. The highest BCUT2D eigenvalue weighted by molar-refractivity contribution is 4.49. The van der Waals surface area contributed by atoms with Crippen LogP contribution in [0.3, 0.4) is 0 Å². The molecule has 0 saturated heterocycles. The van der Waals surface area contributed by atoms with E-state index >= 15 is 0 Å². The third kappa shape index (κ3) is 11.0. The van der Waals surface area contributed by atoms with E-state index in [4.69, 9.17) is 19.7 Å². The Balaban J connectivity index is 4.32. The van der Waals surface area contributed by atoms with Gasteiger partial charge < -0.3 is 19.7 Å². The minimum Gasteiger partial charge on any atom is -0.394 e. The highest BCUT2D eigenvalue weighted by atomic mass is 16.5. The Morgan fingerprint density at radius 3 is 1.38 bits per heavy atom. The van der Waals surface area contributed by atoms with Crippen LogP contribution in [0.5, 0.6) is 0 Å². The van der Waals surface area contributed by atoms with Gasteiger partial charge in [0.25, 0.3) is 0 Å². The number of hydrogen-bond donors (Lipinski definition) is 2. The minimum atomic E-state index is 0.0685. The Morgan fingerprint density at radius 1 is 0.762 bits per heavy atom. The van der Waals surface area contributed by atoms with E-state index in [-0.39, 0.29) is 25.4 Å². The zero-order valence-corrected chi connectivity index (χ0v) is 14.7. The summed E-state index contributed by atoms with van der Waals surface area (Å²) < 4.78 is 12.8. The average Bonchev–Trinajstić information content (AvgIpc) is 2.30. The summed E-state index contributed by atoms with van der Waals surface area (Å²) in [7, 11) is 8.77. The van der Waals surface area contributed by atoms with Crippen molar-refractivity contribution in [1.29, 1.82) is 0 Å². The Labute approximate surface area is 130 Å². The fourth-order valence-corrected chi connectivity index (χ4v) is 3.16. The predicted molar refractivity (Wildman–Crippen MR) is 83.8 cm³/mol. The molecule has 0 aromatic heterocycles. The second-order valence-electron chi connectivity index (χ2n) is 7.19. The highest BCUT2D eigenvalue weighted by Gasteiger charge is 2.30. The van der Waals surface area contributed by atoms with E-state index in [1.165, 1.54) is 0 Å². The molecule has 0 radical (unpaired) electrons. The molecule has 0 spiro atoms. The lowest BCUT2D eigenvalue weighted by Crippen LogP contribution is -2.59. The Kier molecular flexibility index (Phi) is 9.60. The van der Waals surface area contributed by atoms with E-state index in [1.54, 1.807) is 0 Å². The lowest BCUT2D eigenvalue weighted by Gasteiger charge is -2.40. The van der Waals surface area contributed by atoms with Gasteiger partial charge >= 0.3 is 0 Å². The van der Waals surface area contributed by atoms with Crippen molar-refractivity contribution in [2.45, 2.75) is 26.1 Å². The maximum Gasteiger partial charge on any atom is 0.206 e. The van der Waals surface area contributed by atoms with Gasteiger partial charge in [0.2, 0.25) is 6.67 Å². The normalized spacial score (nSPS) is 16.0. The number of rotatable bonds is 12. The second-order valence-corrected chi connectivity index (χ2v) is 7.19. The predicted octanol–water partition coefficient (Wildman–Crippen LogP) is -0.108. The van der Waals surface area contributed by atoms with Crippen molar-refractivity contribution < 1.29 is 28.7 Å². The van der Waals surface area contributed by atoms with Crippen LogP contribution in [-0.2, 0) is 9.47 Å². The molecule has 2 atom stereocenters. The molecule has 0 fully saturated rings. The molecule has 128 valence electrons. The van der Waals surface area contributed by atoms with Crippen molar-refractivity contribution in [3.8, 4) is 0 Å². The first-order chi connectivity index (χ1) is 9.62. The van der Waals surface area contributed by atoms with Crippen molar-refractivity contribution in [1.82, 2.24) is 0 Å². The molecule has 0 bridgehead atoms. The second kappa shape index (κ2) is 9.71. The number of hydrogen-bond acceptors (Lipinski definition) is 4. The lowest BCUT2D eigenvalue weighted by atomic mass is 10.3. The Hall–Kier alpha value is -0.240. The van der Waals surface area contributed by atoms with Crippen molar-refractivity contribution in [3.63, 3.8) is 0 Å². The molecule has 0 heterocycles. The summed E-state index contributed by atoms with van der Waals surface area (Å²) in [6.45, 7) is 7.76. The SMILES string of the molecule is CC(C[N+](C)(C)C[N+](C)(C)CC(C)OCCO)OCCO. The summed E-state index contributed by atoms with van der Waals surface area (Å²) >= 11 is 0. The molecule has 2 N–H and O–H groups in total. The maximum atomic E-state index is 8.81. The summed E-state index contributed by atoms with van der Waals surface area (Å²) in [5.74, 6) is 0. The minimum absolute atomic E-state index is 0.0685. The van der Waals surface area contributed by atoms with Crippen LogP contribution in [0.25, 0.3) is 0 Å². The van der Waals surface area contributed by atoms with Crippen molar-refractivity contribution in [3.05, 3.63) is 0 Å². The average molecular weight is 308 g/mol. The molecule has 0 aliphatic heterocycles. The summed E-state index contributed by atoms with van der Waals surface area (Å²) in [4.78, 5) is 0. The van der Waals surface area contributed by atoms with Gasteiger partial charge in [-0.25, -0.2) is 0 Å². The van der Waals surface area contributed by atoms with Gasteiger partial charge in [-0.05, 0) is 13.8 Å². The molecule has 0 saturated carbocycles. The van der Waals surface area contributed by atoms with Gasteiger partial charge in [0.05, 0.1) is 54.6 Å². The van der Waals surface area contributed by atoms with E-state index in [0.717, 1.165) is 28.7 Å². The van der Waals surface area contributed by atoms with E-state index in [1.807, 2.05) is 13.8 Å². The topological polar surface area (TPSA) is 58.9 Å². The molecule has 0 rings (SSSR count). The standard InChI is InChI=1S/C15H36N2O4/c1-14(20-9-7-18)11-16(3,4)13-17(5,6)12-15(2)21-10-8-19/h14-15,18-19H,7-13H2,1-6H3/q+2. The molecule has 0 aromatic rings. The molecule has 0 amide bonds. The van der Waals surface area contributed by atoms with Crippen LogP contribution in [-0.4, -0.2) is 106 Å². The fourth-order valence-electron chi connectivity index (χ4n) is 3.16. The summed E-state index contributed by atoms with van der Waals surface area (Å²) in [6.07, 6.45) is 0.241. The molecule has 6 nitrogen and oxygen atoms in total. The molecule has 0 aliphatic carbocycles. The van der Waals surface area contributed by atoms with Crippen LogP contribution < -0.4 is 0 Å². The molecule has 0 aliphatic rings. The third-order valence-electron chi connectivity index (χ3n) is 3.26. The zero-order valence-electron chi connectivity index (χ0n) is 14.7. The van der Waals surface area contributed by atoms with Crippen LogP contribution >= 0.6 is 0 Å². The molecular weight excluding hydrogens is 272 g/mol. The van der Waals surface area contributed by atoms with Gasteiger partial charge in [0.15, 0.2) is 0 Å². The Morgan fingerprint density at radius 2 is 1.10 bits per heavy atom.